The molecule has 0 atom stereocenters. The maximum atomic E-state index is 12.6. The molecule has 0 bridgehead atoms. The average molecular weight is 332 g/mol. The molecule has 0 aliphatic heterocycles. The Labute approximate surface area is 140 Å². The first-order valence-corrected chi connectivity index (χ1v) is 7.74. The molecule has 0 saturated carbocycles. The first-order chi connectivity index (χ1) is 11.0. The van der Waals surface area contributed by atoms with Crippen LogP contribution in [0.4, 0.5) is 0 Å². The first kappa shape index (κ1) is 17.0. The zero-order chi connectivity index (χ0) is 17.0. The number of terminal acetylenes is 1. The van der Waals surface area contributed by atoms with Gasteiger partial charge < -0.3 is 4.74 Å². The maximum Gasteiger partial charge on any atom is 0.258 e. The Bertz CT molecular complexity index is 822. The summed E-state index contributed by atoms with van der Waals surface area (Å²) in [6.07, 6.45) is 6.01. The lowest BCUT2D eigenvalue weighted by atomic mass is 10.1. The van der Waals surface area contributed by atoms with Gasteiger partial charge in [-0.1, -0.05) is 24.4 Å². The van der Waals surface area contributed by atoms with Crippen molar-refractivity contribution in [3.8, 4) is 29.6 Å². The quantitative estimate of drug-likeness (QED) is 0.624. The van der Waals surface area contributed by atoms with Crippen LogP contribution in [0.1, 0.15) is 25.1 Å². The average Bonchev–Trinajstić information content (AvgIpc) is 2.50. The van der Waals surface area contributed by atoms with E-state index in [9.17, 15) is 4.79 Å². The molecule has 0 aromatic carbocycles. The van der Waals surface area contributed by atoms with E-state index in [1.807, 2.05) is 20.8 Å². The van der Waals surface area contributed by atoms with Crippen LogP contribution in [0.25, 0.3) is 11.4 Å². The van der Waals surface area contributed by atoms with Crippen LogP contribution in [0.5, 0.6) is 5.88 Å². The molecular formula is C17H18ClN3O2. The van der Waals surface area contributed by atoms with Crippen LogP contribution in [0.3, 0.4) is 0 Å². The van der Waals surface area contributed by atoms with Gasteiger partial charge in [0.25, 0.3) is 5.56 Å². The van der Waals surface area contributed by atoms with Crippen molar-refractivity contribution < 1.29 is 4.74 Å². The molecule has 5 nitrogen and oxygen atoms in total. The number of pyridine rings is 1. The van der Waals surface area contributed by atoms with Crippen LogP contribution in [0, 0.1) is 19.3 Å². The van der Waals surface area contributed by atoms with Gasteiger partial charge in [-0.2, -0.15) is 0 Å². The molecule has 0 saturated heterocycles. The molecule has 0 fully saturated rings. The summed E-state index contributed by atoms with van der Waals surface area (Å²) in [6, 6.07) is 3.35. The number of rotatable bonds is 5. The van der Waals surface area contributed by atoms with Crippen molar-refractivity contribution >= 4 is 11.6 Å². The van der Waals surface area contributed by atoms with E-state index < -0.39 is 0 Å². The number of hydrogen-bond acceptors (Lipinski definition) is 4. The van der Waals surface area contributed by atoms with E-state index in [4.69, 9.17) is 22.8 Å². The van der Waals surface area contributed by atoms with Crippen molar-refractivity contribution in [3.05, 3.63) is 38.9 Å². The van der Waals surface area contributed by atoms with Crippen molar-refractivity contribution in [2.24, 2.45) is 0 Å². The second-order valence-corrected chi connectivity index (χ2v) is 5.29. The predicted octanol–water partition coefficient (Wildman–Crippen LogP) is 2.86. The van der Waals surface area contributed by atoms with Gasteiger partial charge >= 0.3 is 0 Å². The summed E-state index contributed by atoms with van der Waals surface area (Å²) >= 11 is 6.06. The normalized spacial score (nSPS) is 10.4. The highest BCUT2D eigenvalue weighted by molar-refractivity contribution is 6.29. The van der Waals surface area contributed by atoms with Crippen molar-refractivity contribution in [2.75, 3.05) is 6.61 Å². The molecule has 120 valence electrons. The molecular weight excluding hydrogens is 314 g/mol. The summed E-state index contributed by atoms with van der Waals surface area (Å²) in [4.78, 5) is 21.3. The lowest BCUT2D eigenvalue weighted by Crippen LogP contribution is -2.27. The minimum absolute atomic E-state index is 0.126. The third-order valence-corrected chi connectivity index (χ3v) is 3.59. The predicted molar refractivity (Wildman–Crippen MR) is 90.9 cm³/mol. The highest BCUT2D eigenvalue weighted by Crippen LogP contribution is 2.24. The minimum Gasteiger partial charge on any atom is -0.478 e. The fourth-order valence-electron chi connectivity index (χ4n) is 2.39. The van der Waals surface area contributed by atoms with Gasteiger partial charge in [0.05, 0.1) is 13.2 Å². The number of nitrogens with zero attached hydrogens (tertiary/aromatic N) is 3. The standard InChI is InChI=1S/C17H18ClN3O2/c1-5-8-21-16(19-11(4)13(6-2)17(21)22)12-9-14(18)20-15(10-12)23-7-3/h1,9-10H,6-8H2,2-4H3. The van der Waals surface area contributed by atoms with E-state index in [1.165, 1.54) is 4.57 Å². The lowest BCUT2D eigenvalue weighted by molar-refractivity contribution is 0.327. The SMILES string of the molecule is C#CCn1c(-c2cc(Cl)nc(OCC)c2)nc(C)c(CC)c1=O. The molecule has 0 aliphatic rings. The fraction of sp³-hybridized carbons (Fsp3) is 0.353. The highest BCUT2D eigenvalue weighted by Gasteiger charge is 2.15. The van der Waals surface area contributed by atoms with E-state index in [2.05, 4.69) is 15.9 Å². The molecule has 0 amide bonds. The molecule has 6 heteroatoms. The van der Waals surface area contributed by atoms with Crippen LogP contribution >= 0.6 is 11.6 Å². The van der Waals surface area contributed by atoms with E-state index in [0.717, 1.165) is 0 Å². The van der Waals surface area contributed by atoms with Crippen LogP contribution < -0.4 is 10.3 Å². The number of hydrogen-bond donors (Lipinski definition) is 0. The topological polar surface area (TPSA) is 57.0 Å². The molecule has 2 aromatic heterocycles. The molecule has 2 rings (SSSR count). The Balaban J connectivity index is 2.72. The number of ether oxygens (including phenoxy) is 1. The van der Waals surface area contributed by atoms with Crippen LogP contribution in [0.2, 0.25) is 5.15 Å². The zero-order valence-corrected chi connectivity index (χ0v) is 14.1. The molecule has 0 N–H and O–H groups in total. The first-order valence-electron chi connectivity index (χ1n) is 7.36. The van der Waals surface area contributed by atoms with Crippen LogP contribution in [0.15, 0.2) is 16.9 Å². The van der Waals surface area contributed by atoms with Crippen molar-refractivity contribution in [1.29, 1.82) is 0 Å². The van der Waals surface area contributed by atoms with E-state index in [-0.39, 0.29) is 17.3 Å². The molecule has 0 spiro atoms. The molecule has 0 unspecified atom stereocenters. The monoisotopic (exact) mass is 331 g/mol. The number of halogens is 1. The zero-order valence-electron chi connectivity index (χ0n) is 13.4. The van der Waals surface area contributed by atoms with Gasteiger partial charge in [-0.25, -0.2) is 9.97 Å². The largest absolute Gasteiger partial charge is 0.478 e. The molecule has 2 heterocycles. The summed E-state index contributed by atoms with van der Waals surface area (Å²) in [6.45, 7) is 6.19. The van der Waals surface area contributed by atoms with E-state index in [0.29, 0.717) is 41.6 Å². The lowest BCUT2D eigenvalue weighted by Gasteiger charge is -2.14. The van der Waals surface area contributed by atoms with Gasteiger partial charge in [0, 0.05) is 22.9 Å². The van der Waals surface area contributed by atoms with Gasteiger partial charge in [-0.05, 0) is 26.3 Å². The third-order valence-electron chi connectivity index (χ3n) is 3.39. The van der Waals surface area contributed by atoms with Gasteiger partial charge in [0.2, 0.25) is 5.88 Å². The Morgan fingerprint density at radius 2 is 2.09 bits per heavy atom. The summed E-state index contributed by atoms with van der Waals surface area (Å²) in [5, 5.41) is 0.268. The Kier molecular flexibility index (Phi) is 5.41. The smallest absolute Gasteiger partial charge is 0.258 e. The second kappa shape index (κ2) is 7.30. The minimum atomic E-state index is -0.126. The van der Waals surface area contributed by atoms with E-state index >= 15 is 0 Å². The summed E-state index contributed by atoms with van der Waals surface area (Å²) in [5.41, 5.74) is 1.87. The number of aromatic nitrogens is 3. The Hall–Kier alpha value is -2.32. The molecule has 0 aliphatic carbocycles. The van der Waals surface area contributed by atoms with Gasteiger partial charge in [-0.15, -0.1) is 6.42 Å². The molecule has 0 radical (unpaired) electrons. The van der Waals surface area contributed by atoms with Crippen molar-refractivity contribution in [1.82, 2.24) is 14.5 Å². The third kappa shape index (κ3) is 3.54. The summed E-state index contributed by atoms with van der Waals surface area (Å²) in [5.74, 6) is 3.35. The van der Waals surface area contributed by atoms with Crippen LogP contribution in [-0.4, -0.2) is 21.1 Å². The fourth-order valence-corrected chi connectivity index (χ4v) is 2.59. The maximum absolute atomic E-state index is 12.6. The van der Waals surface area contributed by atoms with Gasteiger partial charge in [0.15, 0.2) is 0 Å². The highest BCUT2D eigenvalue weighted by atomic mass is 35.5. The van der Waals surface area contributed by atoms with Crippen molar-refractivity contribution in [2.45, 2.75) is 33.7 Å². The van der Waals surface area contributed by atoms with Gasteiger partial charge in [-0.3, -0.25) is 9.36 Å². The molecule has 23 heavy (non-hydrogen) atoms. The summed E-state index contributed by atoms with van der Waals surface area (Å²) in [7, 11) is 0. The second-order valence-electron chi connectivity index (χ2n) is 4.90. The summed E-state index contributed by atoms with van der Waals surface area (Å²) < 4.78 is 6.88. The van der Waals surface area contributed by atoms with Gasteiger partial charge in [0.1, 0.15) is 11.0 Å². The van der Waals surface area contributed by atoms with E-state index in [1.54, 1.807) is 12.1 Å². The Morgan fingerprint density at radius 3 is 2.70 bits per heavy atom. The van der Waals surface area contributed by atoms with Crippen molar-refractivity contribution in [3.63, 3.8) is 0 Å². The number of aryl methyl sites for hydroxylation is 1. The Morgan fingerprint density at radius 1 is 1.35 bits per heavy atom. The van der Waals surface area contributed by atoms with Crippen LogP contribution in [-0.2, 0) is 13.0 Å². The molecule has 2 aromatic rings.